The molecule has 0 aliphatic rings. The summed E-state index contributed by atoms with van der Waals surface area (Å²) in [6, 6.07) is 3.67. The largest absolute Gasteiger partial charge is 0.480 e. The van der Waals surface area contributed by atoms with Crippen molar-refractivity contribution < 1.29 is 18.7 Å². The third-order valence-electron chi connectivity index (χ3n) is 4.17. The Morgan fingerprint density at radius 3 is 2.50 bits per heavy atom. The Bertz CT molecular complexity index is 1040. The van der Waals surface area contributed by atoms with Gasteiger partial charge < -0.3 is 5.11 Å². The number of rotatable bonds is 5. The van der Waals surface area contributed by atoms with E-state index in [0.717, 1.165) is 21.6 Å². The topological polar surface area (TPSA) is 72.2 Å². The van der Waals surface area contributed by atoms with Gasteiger partial charge in [0, 0.05) is 4.88 Å². The van der Waals surface area contributed by atoms with Crippen LogP contribution in [0.1, 0.15) is 31.2 Å². The zero-order valence-corrected chi connectivity index (χ0v) is 14.9. The van der Waals surface area contributed by atoms with Crippen molar-refractivity contribution in [2.75, 3.05) is 0 Å². The molecule has 0 radical (unpaired) electrons. The molecule has 0 saturated carbocycles. The van der Waals surface area contributed by atoms with Crippen LogP contribution in [0.2, 0.25) is 0 Å². The summed E-state index contributed by atoms with van der Waals surface area (Å²) in [7, 11) is 0. The molecule has 26 heavy (non-hydrogen) atoms. The minimum Gasteiger partial charge on any atom is -0.480 e. The minimum absolute atomic E-state index is 0.0657. The maximum absolute atomic E-state index is 14.3. The Hall–Kier alpha value is -2.61. The summed E-state index contributed by atoms with van der Waals surface area (Å²) in [5, 5.41) is 9.77. The molecule has 2 heterocycles. The molecule has 0 saturated heterocycles. The number of carboxylic acid groups (broad SMARTS) is 1. The normalized spacial score (nSPS) is 12.5. The van der Waals surface area contributed by atoms with Gasteiger partial charge >= 0.3 is 5.97 Å². The fourth-order valence-electron chi connectivity index (χ4n) is 2.86. The molecule has 1 unspecified atom stereocenters. The molecule has 8 heteroatoms. The van der Waals surface area contributed by atoms with Crippen LogP contribution in [0, 0.1) is 11.6 Å². The second-order valence-corrected chi connectivity index (χ2v) is 6.87. The smallest absolute Gasteiger partial charge is 0.326 e. The van der Waals surface area contributed by atoms with Gasteiger partial charge in [0.1, 0.15) is 22.5 Å². The Morgan fingerprint density at radius 1 is 1.31 bits per heavy atom. The molecule has 1 atom stereocenters. The summed E-state index contributed by atoms with van der Waals surface area (Å²) in [4.78, 5) is 30.2. The van der Waals surface area contributed by atoms with Gasteiger partial charge in [0.15, 0.2) is 5.82 Å². The average Bonchev–Trinajstić information content (AvgIpc) is 3.01. The number of thiophene rings is 1. The van der Waals surface area contributed by atoms with E-state index in [1.54, 1.807) is 13.0 Å². The van der Waals surface area contributed by atoms with Crippen molar-refractivity contribution in [3.8, 4) is 11.4 Å². The Morgan fingerprint density at radius 2 is 1.96 bits per heavy atom. The molecule has 0 aliphatic carbocycles. The molecule has 0 amide bonds. The van der Waals surface area contributed by atoms with Crippen molar-refractivity contribution >= 4 is 27.5 Å². The molecule has 3 aromatic rings. The third kappa shape index (κ3) is 2.90. The Balaban J connectivity index is 2.47. The molecule has 1 N–H and O–H groups in total. The lowest BCUT2D eigenvalue weighted by Gasteiger charge is -2.18. The van der Waals surface area contributed by atoms with Crippen LogP contribution in [0.3, 0.4) is 0 Å². The third-order valence-corrected chi connectivity index (χ3v) is 5.34. The number of hydrogen-bond acceptors (Lipinski definition) is 4. The fraction of sp³-hybridized carbons (Fsp3) is 0.278. The first-order valence-electron chi connectivity index (χ1n) is 8.11. The average molecular weight is 378 g/mol. The van der Waals surface area contributed by atoms with Crippen LogP contribution in [-0.2, 0) is 11.2 Å². The standard InChI is InChI=1S/C18H16F2N2O3S/c1-3-9-8-10-16(26-9)21-15(14-11(19)6-5-7-12(14)20)22(17(10)23)13(4-2)18(24)25/h5-8,13H,3-4H2,1-2H3,(H,24,25). The van der Waals surface area contributed by atoms with Crippen LogP contribution in [0.15, 0.2) is 29.1 Å². The molecule has 3 rings (SSSR count). The van der Waals surface area contributed by atoms with Crippen LogP contribution in [0.4, 0.5) is 8.78 Å². The van der Waals surface area contributed by atoms with Gasteiger partial charge in [-0.15, -0.1) is 11.3 Å². The molecule has 2 aromatic heterocycles. The van der Waals surface area contributed by atoms with Gasteiger partial charge in [-0.3, -0.25) is 9.36 Å². The number of carboxylic acids is 1. The highest BCUT2D eigenvalue weighted by Gasteiger charge is 2.28. The number of nitrogens with zero attached hydrogens (tertiary/aromatic N) is 2. The summed E-state index contributed by atoms with van der Waals surface area (Å²) in [6.07, 6.45) is 0.732. The maximum atomic E-state index is 14.3. The van der Waals surface area contributed by atoms with E-state index >= 15 is 0 Å². The van der Waals surface area contributed by atoms with Crippen molar-refractivity contribution in [3.63, 3.8) is 0 Å². The number of halogens is 2. The van der Waals surface area contributed by atoms with Gasteiger partial charge in [-0.25, -0.2) is 18.6 Å². The zero-order chi connectivity index (χ0) is 19.0. The molecule has 0 bridgehead atoms. The van der Waals surface area contributed by atoms with E-state index in [0.29, 0.717) is 11.3 Å². The quantitative estimate of drug-likeness (QED) is 0.728. The number of aromatic nitrogens is 2. The Kier molecular flexibility index (Phi) is 4.86. The minimum atomic E-state index is -1.28. The van der Waals surface area contributed by atoms with E-state index in [1.807, 2.05) is 6.92 Å². The van der Waals surface area contributed by atoms with E-state index in [-0.39, 0.29) is 17.6 Å². The number of hydrogen-bond donors (Lipinski definition) is 1. The molecule has 5 nitrogen and oxygen atoms in total. The molecule has 1 aromatic carbocycles. The van der Waals surface area contributed by atoms with Gasteiger partial charge in [-0.05, 0) is 31.0 Å². The lowest BCUT2D eigenvalue weighted by molar-refractivity contribution is -0.141. The first kappa shape index (κ1) is 18.2. The SMILES string of the molecule is CCc1cc2c(=O)n(C(CC)C(=O)O)c(-c3c(F)cccc3F)nc2s1. The molecule has 0 aliphatic heterocycles. The van der Waals surface area contributed by atoms with Crippen LogP contribution in [0.5, 0.6) is 0 Å². The molecular formula is C18H16F2N2O3S. The van der Waals surface area contributed by atoms with Crippen LogP contribution in [0.25, 0.3) is 21.6 Å². The summed E-state index contributed by atoms with van der Waals surface area (Å²) in [5.41, 5.74) is -1.12. The van der Waals surface area contributed by atoms with Gasteiger partial charge in [0.2, 0.25) is 0 Å². The second-order valence-electron chi connectivity index (χ2n) is 5.75. The molecule has 0 fully saturated rings. The van der Waals surface area contributed by atoms with E-state index in [1.165, 1.54) is 17.4 Å². The van der Waals surface area contributed by atoms with Crippen molar-refractivity contribution in [2.24, 2.45) is 0 Å². The summed E-state index contributed by atoms with van der Waals surface area (Å²) in [6.45, 7) is 3.49. The number of carbonyl (C=O) groups is 1. The van der Waals surface area contributed by atoms with Crippen LogP contribution in [-0.4, -0.2) is 20.6 Å². The highest BCUT2D eigenvalue weighted by molar-refractivity contribution is 7.18. The number of aliphatic carboxylic acids is 1. The van der Waals surface area contributed by atoms with Crippen LogP contribution < -0.4 is 5.56 Å². The number of fused-ring (bicyclic) bond motifs is 1. The van der Waals surface area contributed by atoms with Gasteiger partial charge in [-0.2, -0.15) is 0 Å². The summed E-state index contributed by atoms with van der Waals surface area (Å²) >= 11 is 1.25. The van der Waals surface area contributed by atoms with Crippen LogP contribution >= 0.6 is 11.3 Å². The van der Waals surface area contributed by atoms with E-state index in [2.05, 4.69) is 4.98 Å². The number of aryl methyl sites for hydroxylation is 1. The van der Waals surface area contributed by atoms with E-state index in [4.69, 9.17) is 0 Å². The fourth-order valence-corrected chi connectivity index (χ4v) is 3.82. The second kappa shape index (κ2) is 6.95. The van der Waals surface area contributed by atoms with Gasteiger partial charge in [0.25, 0.3) is 5.56 Å². The highest BCUT2D eigenvalue weighted by Crippen LogP contribution is 2.30. The van der Waals surface area contributed by atoms with Crippen molar-refractivity contribution in [1.82, 2.24) is 9.55 Å². The monoisotopic (exact) mass is 378 g/mol. The predicted octanol–water partition coefficient (Wildman–Crippen LogP) is 4.00. The van der Waals surface area contributed by atoms with Crippen molar-refractivity contribution in [1.29, 1.82) is 0 Å². The molecule has 136 valence electrons. The lowest BCUT2D eigenvalue weighted by atomic mass is 10.1. The van der Waals surface area contributed by atoms with Gasteiger partial charge in [-0.1, -0.05) is 19.9 Å². The number of benzene rings is 1. The highest BCUT2D eigenvalue weighted by atomic mass is 32.1. The first-order chi connectivity index (χ1) is 12.4. The van der Waals surface area contributed by atoms with Crippen molar-refractivity contribution in [2.45, 2.75) is 32.7 Å². The zero-order valence-electron chi connectivity index (χ0n) is 14.1. The molecular weight excluding hydrogens is 362 g/mol. The van der Waals surface area contributed by atoms with Gasteiger partial charge in [0.05, 0.1) is 10.9 Å². The van der Waals surface area contributed by atoms with E-state index in [9.17, 15) is 23.5 Å². The first-order valence-corrected chi connectivity index (χ1v) is 8.92. The summed E-state index contributed by atoms with van der Waals surface area (Å²) in [5.74, 6) is -3.38. The Labute approximate surface area is 151 Å². The lowest BCUT2D eigenvalue weighted by Crippen LogP contribution is -2.32. The predicted molar refractivity (Wildman–Crippen MR) is 95.6 cm³/mol. The molecule has 0 spiro atoms. The maximum Gasteiger partial charge on any atom is 0.326 e. The van der Waals surface area contributed by atoms with Crippen molar-refractivity contribution in [3.05, 3.63) is 51.1 Å². The van der Waals surface area contributed by atoms with E-state index < -0.39 is 34.8 Å². The summed E-state index contributed by atoms with van der Waals surface area (Å²) < 4.78 is 29.6.